The molecule has 136 valence electrons. The van der Waals surface area contributed by atoms with Crippen LogP contribution in [-0.4, -0.2) is 21.9 Å². The fraction of sp³-hybridized carbons (Fsp3) is 0.263. The van der Waals surface area contributed by atoms with Crippen LogP contribution in [0.25, 0.3) is 0 Å². The molecule has 0 heterocycles. The molecule has 0 fully saturated rings. The van der Waals surface area contributed by atoms with Gasteiger partial charge < -0.3 is 10.4 Å². The van der Waals surface area contributed by atoms with E-state index < -0.39 is 22.8 Å². The van der Waals surface area contributed by atoms with Crippen LogP contribution in [0.15, 0.2) is 42.5 Å². The molecule has 0 aromatic heterocycles. The van der Waals surface area contributed by atoms with Crippen molar-refractivity contribution in [3.63, 3.8) is 0 Å². The smallest absolute Gasteiger partial charge is 0.330 e. The fourth-order valence-electron chi connectivity index (χ4n) is 2.78. The number of carbonyl (C=O) groups excluding carboxylic acids is 1. The summed E-state index contributed by atoms with van der Waals surface area (Å²) in [4.78, 5) is 34.0. The summed E-state index contributed by atoms with van der Waals surface area (Å²) in [5, 5.41) is 22.8. The standard InChI is InChI=1S/C19H20N2O5/c1-12-8-13(2)10-15(9-12)18(19(23)24)20-17(22)7-6-14-4-3-5-16(11-14)21(25)26/h3-5,8-11,18H,6-7H2,1-2H3,(H,20,22)(H,23,24). The van der Waals surface area contributed by atoms with Gasteiger partial charge in [0.1, 0.15) is 0 Å². The molecule has 0 saturated carbocycles. The number of non-ortho nitro benzene ring substituents is 1. The van der Waals surface area contributed by atoms with Gasteiger partial charge in [-0.15, -0.1) is 0 Å². The number of hydrogen-bond donors (Lipinski definition) is 2. The van der Waals surface area contributed by atoms with Gasteiger partial charge in [0, 0.05) is 18.6 Å². The van der Waals surface area contributed by atoms with Gasteiger partial charge >= 0.3 is 5.97 Å². The molecule has 2 rings (SSSR count). The number of nitro groups is 1. The molecule has 7 heteroatoms. The van der Waals surface area contributed by atoms with Gasteiger partial charge in [-0.1, -0.05) is 41.5 Å². The minimum absolute atomic E-state index is 0.0374. The summed E-state index contributed by atoms with van der Waals surface area (Å²) in [7, 11) is 0. The van der Waals surface area contributed by atoms with Crippen LogP contribution >= 0.6 is 0 Å². The molecule has 0 aliphatic rings. The first-order chi connectivity index (χ1) is 12.3. The summed E-state index contributed by atoms with van der Waals surface area (Å²) in [5.74, 6) is -1.57. The second-order valence-electron chi connectivity index (χ2n) is 6.19. The van der Waals surface area contributed by atoms with Crippen molar-refractivity contribution in [1.82, 2.24) is 5.32 Å². The average Bonchev–Trinajstić information content (AvgIpc) is 2.57. The summed E-state index contributed by atoms with van der Waals surface area (Å²) in [6.45, 7) is 3.72. The van der Waals surface area contributed by atoms with Gasteiger partial charge in [0.25, 0.3) is 5.69 Å². The van der Waals surface area contributed by atoms with Gasteiger partial charge in [-0.05, 0) is 31.4 Å². The van der Waals surface area contributed by atoms with Crippen LogP contribution in [0.1, 0.15) is 34.7 Å². The number of benzene rings is 2. The second kappa shape index (κ2) is 8.24. The highest BCUT2D eigenvalue weighted by Crippen LogP contribution is 2.18. The molecular weight excluding hydrogens is 336 g/mol. The lowest BCUT2D eigenvalue weighted by atomic mass is 10.0. The maximum absolute atomic E-state index is 12.2. The molecule has 2 N–H and O–H groups in total. The van der Waals surface area contributed by atoms with E-state index in [1.807, 2.05) is 19.9 Å². The lowest BCUT2D eigenvalue weighted by Crippen LogP contribution is -2.34. The monoisotopic (exact) mass is 356 g/mol. The minimum Gasteiger partial charge on any atom is -0.479 e. The Balaban J connectivity index is 2.05. The SMILES string of the molecule is Cc1cc(C)cc(C(NC(=O)CCc2cccc([N+](=O)[O-])c2)C(=O)O)c1. The zero-order chi connectivity index (χ0) is 19.3. The molecule has 0 radical (unpaired) electrons. The van der Waals surface area contributed by atoms with E-state index in [0.717, 1.165) is 11.1 Å². The van der Waals surface area contributed by atoms with E-state index in [4.69, 9.17) is 0 Å². The Hall–Kier alpha value is -3.22. The van der Waals surface area contributed by atoms with Gasteiger partial charge in [0.15, 0.2) is 6.04 Å². The van der Waals surface area contributed by atoms with Crippen LogP contribution in [0.3, 0.4) is 0 Å². The number of carbonyl (C=O) groups is 2. The topological polar surface area (TPSA) is 110 Å². The second-order valence-corrected chi connectivity index (χ2v) is 6.19. The van der Waals surface area contributed by atoms with Crippen molar-refractivity contribution in [2.24, 2.45) is 0 Å². The molecule has 1 atom stereocenters. The number of hydrogen-bond acceptors (Lipinski definition) is 4. The molecule has 0 saturated heterocycles. The first kappa shape index (κ1) is 19.1. The molecule has 1 amide bonds. The number of nitro benzene ring substituents is 1. The van der Waals surface area contributed by atoms with Crippen molar-refractivity contribution >= 4 is 17.6 Å². The van der Waals surface area contributed by atoms with Crippen LogP contribution < -0.4 is 5.32 Å². The zero-order valence-electron chi connectivity index (χ0n) is 14.6. The number of nitrogens with one attached hydrogen (secondary N) is 1. The average molecular weight is 356 g/mol. The summed E-state index contributed by atoms with van der Waals surface area (Å²) in [6.07, 6.45) is 0.322. The first-order valence-electron chi connectivity index (χ1n) is 8.10. The molecule has 26 heavy (non-hydrogen) atoms. The Morgan fingerprint density at radius 1 is 1.15 bits per heavy atom. The van der Waals surface area contributed by atoms with Gasteiger partial charge in [0.05, 0.1) is 4.92 Å². The van der Waals surface area contributed by atoms with E-state index in [0.29, 0.717) is 11.1 Å². The molecule has 0 aliphatic heterocycles. The Labute approximate surface area is 150 Å². The number of rotatable bonds is 7. The van der Waals surface area contributed by atoms with E-state index in [1.165, 1.54) is 12.1 Å². The molecule has 1 unspecified atom stereocenters. The maximum Gasteiger partial charge on any atom is 0.330 e. The zero-order valence-corrected chi connectivity index (χ0v) is 14.6. The Morgan fingerprint density at radius 3 is 2.38 bits per heavy atom. The molecule has 0 bridgehead atoms. The Morgan fingerprint density at radius 2 is 1.81 bits per heavy atom. The number of carboxylic acid groups (broad SMARTS) is 1. The fourth-order valence-corrected chi connectivity index (χ4v) is 2.78. The van der Waals surface area contributed by atoms with Crippen LogP contribution in [0, 0.1) is 24.0 Å². The van der Waals surface area contributed by atoms with E-state index >= 15 is 0 Å². The Kier molecular flexibility index (Phi) is 6.06. The summed E-state index contributed by atoms with van der Waals surface area (Å²) in [5.41, 5.74) is 2.95. The van der Waals surface area contributed by atoms with Crippen molar-refractivity contribution in [2.75, 3.05) is 0 Å². The van der Waals surface area contributed by atoms with E-state index in [-0.39, 0.29) is 18.5 Å². The predicted octanol–water partition coefficient (Wildman–Crippen LogP) is 3.09. The highest BCUT2D eigenvalue weighted by Gasteiger charge is 2.22. The van der Waals surface area contributed by atoms with Crippen molar-refractivity contribution in [2.45, 2.75) is 32.7 Å². The first-order valence-corrected chi connectivity index (χ1v) is 8.10. The van der Waals surface area contributed by atoms with E-state index in [2.05, 4.69) is 5.32 Å². The lowest BCUT2D eigenvalue weighted by molar-refractivity contribution is -0.384. The molecule has 7 nitrogen and oxygen atoms in total. The number of aliphatic carboxylic acids is 1. The highest BCUT2D eigenvalue weighted by atomic mass is 16.6. The van der Waals surface area contributed by atoms with Crippen LogP contribution in [0.2, 0.25) is 0 Å². The van der Waals surface area contributed by atoms with Crippen LogP contribution in [0.4, 0.5) is 5.69 Å². The van der Waals surface area contributed by atoms with Crippen molar-refractivity contribution in [1.29, 1.82) is 0 Å². The third kappa shape index (κ3) is 5.14. The van der Waals surface area contributed by atoms with Gasteiger partial charge in [-0.2, -0.15) is 0 Å². The van der Waals surface area contributed by atoms with Crippen molar-refractivity contribution in [3.05, 3.63) is 74.8 Å². The number of aryl methyl sites for hydroxylation is 3. The minimum atomic E-state index is -1.14. The maximum atomic E-state index is 12.2. The number of nitrogens with zero attached hydrogens (tertiary/aromatic N) is 1. The predicted molar refractivity (Wildman–Crippen MR) is 95.9 cm³/mol. The molecule has 0 aliphatic carbocycles. The quantitative estimate of drug-likeness (QED) is 0.585. The van der Waals surface area contributed by atoms with Gasteiger partial charge in [0.2, 0.25) is 5.91 Å². The molecular formula is C19H20N2O5. The summed E-state index contributed by atoms with van der Waals surface area (Å²) in [6, 6.07) is 10.3. The molecule has 2 aromatic rings. The Bertz CT molecular complexity index is 827. The molecule has 2 aromatic carbocycles. The van der Waals surface area contributed by atoms with E-state index in [1.54, 1.807) is 24.3 Å². The third-order valence-electron chi connectivity index (χ3n) is 3.89. The van der Waals surface area contributed by atoms with Gasteiger partial charge in [-0.3, -0.25) is 14.9 Å². The number of amides is 1. The summed E-state index contributed by atoms with van der Waals surface area (Å²) < 4.78 is 0. The highest BCUT2D eigenvalue weighted by molar-refractivity contribution is 5.84. The van der Waals surface area contributed by atoms with Crippen LogP contribution in [0.5, 0.6) is 0 Å². The van der Waals surface area contributed by atoms with Crippen molar-refractivity contribution in [3.8, 4) is 0 Å². The van der Waals surface area contributed by atoms with E-state index in [9.17, 15) is 24.8 Å². The van der Waals surface area contributed by atoms with Gasteiger partial charge in [-0.25, -0.2) is 4.79 Å². The largest absolute Gasteiger partial charge is 0.479 e. The number of carboxylic acids is 1. The third-order valence-corrected chi connectivity index (χ3v) is 3.89. The van der Waals surface area contributed by atoms with Crippen LogP contribution in [-0.2, 0) is 16.0 Å². The summed E-state index contributed by atoms with van der Waals surface area (Å²) >= 11 is 0. The molecule has 0 spiro atoms. The normalized spacial score (nSPS) is 11.6. The van der Waals surface area contributed by atoms with Crippen molar-refractivity contribution < 1.29 is 19.6 Å². The lowest BCUT2D eigenvalue weighted by Gasteiger charge is -2.16.